The summed E-state index contributed by atoms with van der Waals surface area (Å²) < 4.78 is 1.89. The lowest BCUT2D eigenvalue weighted by atomic mass is 10.0. The molecule has 0 bridgehead atoms. The molecule has 1 saturated carbocycles. The van der Waals surface area contributed by atoms with Crippen LogP contribution in [0.15, 0.2) is 30.6 Å². The number of fused-ring (bicyclic) bond motifs is 1. The molecule has 1 aromatic carbocycles. The van der Waals surface area contributed by atoms with Gasteiger partial charge >= 0.3 is 0 Å². The normalized spacial score (nSPS) is 22.8. The molecular formula is C19H23N5O2. The third-order valence-electron chi connectivity index (χ3n) is 5.32. The van der Waals surface area contributed by atoms with Gasteiger partial charge in [-0.15, -0.1) is 10.2 Å². The Morgan fingerprint density at radius 2 is 2.23 bits per heavy atom. The number of aromatic nitrogens is 4. The number of carbonyl (C=O) groups is 1. The van der Waals surface area contributed by atoms with E-state index in [1.54, 1.807) is 6.33 Å². The van der Waals surface area contributed by atoms with Crippen molar-refractivity contribution in [3.8, 4) is 0 Å². The Hall–Kier alpha value is -2.67. The number of nitrogens with zero attached hydrogens (tertiary/aromatic N) is 3. The Labute approximate surface area is 151 Å². The maximum Gasteiger partial charge on any atom is 0.267 e. The first-order valence-corrected chi connectivity index (χ1v) is 8.91. The molecule has 2 heterocycles. The highest BCUT2D eigenvalue weighted by molar-refractivity contribution is 5.98. The van der Waals surface area contributed by atoms with Crippen LogP contribution in [-0.4, -0.2) is 43.4 Å². The first-order chi connectivity index (χ1) is 12.5. The molecule has 0 radical (unpaired) electrons. The monoisotopic (exact) mass is 353 g/mol. The largest absolute Gasteiger partial charge is 0.393 e. The molecule has 0 spiro atoms. The van der Waals surface area contributed by atoms with E-state index in [4.69, 9.17) is 0 Å². The summed E-state index contributed by atoms with van der Waals surface area (Å²) in [6.07, 6.45) is 2.68. The molecule has 3 atom stereocenters. The zero-order chi connectivity index (χ0) is 18.3. The number of nitrogens with one attached hydrogen (secondary N) is 2. The Morgan fingerprint density at radius 1 is 1.38 bits per heavy atom. The number of carbonyl (C=O) groups excluding carboxylic acids is 1. The molecule has 26 heavy (non-hydrogen) atoms. The summed E-state index contributed by atoms with van der Waals surface area (Å²) in [5.74, 6) is 0.944. The molecule has 0 aliphatic heterocycles. The van der Waals surface area contributed by atoms with Crippen LogP contribution in [0.25, 0.3) is 10.9 Å². The standard InChI is InChI=1S/C19H23N5O2/c1-11-3-4-12-7-16(22-15(12)5-11)19(26)20-9-14-6-13(8-17(14)25)18-23-21-10-24(18)2/h3-5,7,10,13-14,17,22,25H,6,8-9H2,1-2H3,(H,20,26)/t13-,14+,17+/m0/s1. The number of aromatic amines is 1. The minimum Gasteiger partial charge on any atom is -0.393 e. The van der Waals surface area contributed by atoms with Crippen molar-refractivity contribution < 1.29 is 9.90 Å². The van der Waals surface area contributed by atoms with Crippen LogP contribution in [0, 0.1) is 12.8 Å². The van der Waals surface area contributed by atoms with Gasteiger partial charge in [0.25, 0.3) is 5.91 Å². The van der Waals surface area contributed by atoms with Gasteiger partial charge in [-0.1, -0.05) is 12.1 Å². The van der Waals surface area contributed by atoms with Crippen molar-refractivity contribution >= 4 is 16.8 Å². The molecular weight excluding hydrogens is 330 g/mol. The van der Waals surface area contributed by atoms with Crippen molar-refractivity contribution in [2.45, 2.75) is 31.8 Å². The van der Waals surface area contributed by atoms with Crippen molar-refractivity contribution in [3.05, 3.63) is 47.7 Å². The fraction of sp³-hybridized carbons (Fsp3) is 0.421. The van der Waals surface area contributed by atoms with Gasteiger partial charge in [-0.05, 0) is 37.5 Å². The predicted molar refractivity (Wildman–Crippen MR) is 97.8 cm³/mol. The summed E-state index contributed by atoms with van der Waals surface area (Å²) in [5, 5.41) is 22.4. The van der Waals surface area contributed by atoms with Crippen LogP contribution in [0.5, 0.6) is 0 Å². The van der Waals surface area contributed by atoms with Gasteiger partial charge in [-0.2, -0.15) is 0 Å². The lowest BCUT2D eigenvalue weighted by molar-refractivity contribution is 0.0912. The maximum absolute atomic E-state index is 12.5. The van der Waals surface area contributed by atoms with E-state index in [2.05, 4.69) is 20.5 Å². The van der Waals surface area contributed by atoms with Crippen molar-refractivity contribution in [2.75, 3.05) is 6.54 Å². The van der Waals surface area contributed by atoms with Crippen molar-refractivity contribution in [1.82, 2.24) is 25.1 Å². The number of hydrogen-bond donors (Lipinski definition) is 3. The van der Waals surface area contributed by atoms with Crippen LogP contribution in [0.4, 0.5) is 0 Å². The molecule has 1 fully saturated rings. The molecule has 1 aliphatic carbocycles. The van der Waals surface area contributed by atoms with Crippen LogP contribution in [-0.2, 0) is 7.05 Å². The fourth-order valence-corrected chi connectivity index (χ4v) is 3.88. The lowest BCUT2D eigenvalue weighted by Crippen LogP contribution is -2.32. The number of rotatable bonds is 4. The zero-order valence-electron chi connectivity index (χ0n) is 14.9. The molecule has 4 rings (SSSR count). The van der Waals surface area contributed by atoms with Crippen LogP contribution in [0.1, 0.15) is 40.6 Å². The van der Waals surface area contributed by atoms with Gasteiger partial charge in [0, 0.05) is 36.3 Å². The minimum atomic E-state index is -0.442. The number of aliphatic hydroxyl groups is 1. The number of H-pyrrole nitrogens is 1. The van der Waals surface area contributed by atoms with Gasteiger partial charge in [0.05, 0.1) is 6.10 Å². The number of aliphatic hydroxyl groups excluding tert-OH is 1. The summed E-state index contributed by atoms with van der Waals surface area (Å²) in [6.45, 7) is 2.47. The smallest absolute Gasteiger partial charge is 0.267 e. The number of hydrogen-bond acceptors (Lipinski definition) is 4. The van der Waals surface area contributed by atoms with Crippen LogP contribution in [0.3, 0.4) is 0 Å². The highest BCUT2D eigenvalue weighted by Crippen LogP contribution is 2.37. The van der Waals surface area contributed by atoms with E-state index < -0.39 is 6.10 Å². The first-order valence-electron chi connectivity index (χ1n) is 8.91. The number of aryl methyl sites for hydroxylation is 2. The summed E-state index contributed by atoms with van der Waals surface area (Å²) in [7, 11) is 1.91. The number of benzene rings is 1. The molecule has 0 saturated heterocycles. The second kappa shape index (κ2) is 6.57. The first kappa shape index (κ1) is 16.8. The quantitative estimate of drug-likeness (QED) is 0.667. The molecule has 7 heteroatoms. The minimum absolute atomic E-state index is 0.0206. The average molecular weight is 353 g/mol. The third kappa shape index (κ3) is 3.10. The van der Waals surface area contributed by atoms with E-state index in [0.717, 1.165) is 28.7 Å². The summed E-state index contributed by atoms with van der Waals surface area (Å²) >= 11 is 0. The lowest BCUT2D eigenvalue weighted by Gasteiger charge is -2.14. The molecule has 0 unspecified atom stereocenters. The van der Waals surface area contributed by atoms with Gasteiger partial charge in [-0.3, -0.25) is 4.79 Å². The van der Waals surface area contributed by atoms with E-state index in [9.17, 15) is 9.90 Å². The predicted octanol–water partition coefficient (Wildman–Crippen LogP) is 1.89. The average Bonchev–Trinajstić information content (AvgIpc) is 3.30. The molecule has 3 aromatic rings. The van der Waals surface area contributed by atoms with Gasteiger partial charge in [0.2, 0.25) is 0 Å². The molecule has 7 nitrogen and oxygen atoms in total. The molecule has 136 valence electrons. The topological polar surface area (TPSA) is 95.8 Å². The number of amides is 1. The van der Waals surface area contributed by atoms with Crippen molar-refractivity contribution in [3.63, 3.8) is 0 Å². The second-order valence-electron chi connectivity index (χ2n) is 7.28. The highest BCUT2D eigenvalue weighted by atomic mass is 16.3. The summed E-state index contributed by atoms with van der Waals surface area (Å²) in [5.41, 5.74) is 2.65. The van der Waals surface area contributed by atoms with E-state index >= 15 is 0 Å². The zero-order valence-corrected chi connectivity index (χ0v) is 14.9. The van der Waals surface area contributed by atoms with Crippen molar-refractivity contribution in [2.24, 2.45) is 13.0 Å². The fourth-order valence-electron chi connectivity index (χ4n) is 3.88. The van der Waals surface area contributed by atoms with E-state index in [-0.39, 0.29) is 17.7 Å². The van der Waals surface area contributed by atoms with E-state index in [0.29, 0.717) is 18.7 Å². The van der Waals surface area contributed by atoms with Gasteiger partial charge < -0.3 is 20.0 Å². The third-order valence-corrected chi connectivity index (χ3v) is 5.32. The van der Waals surface area contributed by atoms with Crippen LogP contribution in [0.2, 0.25) is 0 Å². The Kier molecular flexibility index (Phi) is 4.24. The molecule has 1 amide bonds. The highest BCUT2D eigenvalue weighted by Gasteiger charge is 2.36. The van der Waals surface area contributed by atoms with E-state index in [1.165, 1.54) is 0 Å². The molecule has 2 aromatic heterocycles. The van der Waals surface area contributed by atoms with Crippen LogP contribution < -0.4 is 5.32 Å². The van der Waals surface area contributed by atoms with Gasteiger partial charge in [0.15, 0.2) is 0 Å². The van der Waals surface area contributed by atoms with Crippen LogP contribution >= 0.6 is 0 Å². The summed E-state index contributed by atoms with van der Waals surface area (Å²) in [6, 6.07) is 7.92. The Morgan fingerprint density at radius 3 is 3.00 bits per heavy atom. The van der Waals surface area contributed by atoms with Gasteiger partial charge in [-0.25, -0.2) is 0 Å². The van der Waals surface area contributed by atoms with Gasteiger partial charge in [0.1, 0.15) is 17.8 Å². The SMILES string of the molecule is Cc1ccc2cc(C(=O)NC[C@H]3C[C@H](c4nncn4C)C[C@H]3O)[nH]c2c1. The van der Waals surface area contributed by atoms with Crippen molar-refractivity contribution in [1.29, 1.82) is 0 Å². The van der Waals surface area contributed by atoms with E-state index in [1.807, 2.05) is 42.8 Å². The second-order valence-corrected chi connectivity index (χ2v) is 7.28. The molecule has 3 N–H and O–H groups in total. The maximum atomic E-state index is 12.5. The molecule has 1 aliphatic rings. The summed E-state index contributed by atoms with van der Waals surface area (Å²) in [4.78, 5) is 15.6. The Balaban J connectivity index is 1.40. The Bertz CT molecular complexity index is 944.